The lowest BCUT2D eigenvalue weighted by molar-refractivity contribution is -0.142. The molecule has 4 aliphatic rings. The van der Waals surface area contributed by atoms with Gasteiger partial charge >= 0.3 is 5.97 Å². The van der Waals surface area contributed by atoms with Gasteiger partial charge in [0.2, 0.25) is 5.91 Å². The lowest BCUT2D eigenvalue weighted by Gasteiger charge is -2.52. The zero-order valence-corrected chi connectivity index (χ0v) is 13.0. The maximum Gasteiger partial charge on any atom is 0.310 e. The van der Waals surface area contributed by atoms with E-state index in [1.807, 2.05) is 35.2 Å². The normalized spacial score (nSPS) is 39.8. The summed E-state index contributed by atoms with van der Waals surface area (Å²) in [5.74, 6) is -0.218. The second kappa shape index (κ2) is 4.05. The minimum Gasteiger partial charge on any atom is -0.481 e. The summed E-state index contributed by atoms with van der Waals surface area (Å²) in [5.41, 5.74) is 2.69. The fraction of sp³-hybridized carbons (Fsp3) is 0.474. The molecule has 2 fully saturated rings. The quantitative estimate of drug-likeness (QED) is 0.867. The highest BCUT2D eigenvalue weighted by Crippen LogP contribution is 2.64. The Kier molecular flexibility index (Phi) is 2.35. The van der Waals surface area contributed by atoms with Crippen LogP contribution in [0.3, 0.4) is 0 Å². The Morgan fingerprint density at radius 3 is 2.87 bits per heavy atom. The van der Waals surface area contributed by atoms with Crippen LogP contribution in [0.5, 0.6) is 0 Å². The van der Waals surface area contributed by atoms with Gasteiger partial charge in [0.05, 0.1) is 17.1 Å². The number of carbonyl (C=O) groups is 2. The molecule has 2 aliphatic carbocycles. The standard InChI is InChI=1S/C19H19NO3/c1-19-14-9-13(18(22)23)11-7-6-10(17(11)19)8-16(21)20(19)15-5-3-2-4-12(14)15/h2-5,9-11,13,17H,6-8H2,1H3,(H,22,23)/t10-,11+,13-,17+,19+/m1/s1. The Morgan fingerprint density at radius 1 is 1.30 bits per heavy atom. The summed E-state index contributed by atoms with van der Waals surface area (Å²) >= 11 is 0. The van der Waals surface area contributed by atoms with Crippen molar-refractivity contribution in [2.75, 3.05) is 4.90 Å². The van der Waals surface area contributed by atoms with Gasteiger partial charge in [-0.25, -0.2) is 0 Å². The van der Waals surface area contributed by atoms with Crippen molar-refractivity contribution < 1.29 is 14.7 Å². The van der Waals surface area contributed by atoms with E-state index >= 15 is 0 Å². The molecule has 0 spiro atoms. The Bertz CT molecular complexity index is 783. The van der Waals surface area contributed by atoms with Gasteiger partial charge in [-0.15, -0.1) is 0 Å². The van der Waals surface area contributed by atoms with E-state index in [4.69, 9.17) is 0 Å². The first-order chi connectivity index (χ1) is 11.0. The van der Waals surface area contributed by atoms with E-state index in [0.29, 0.717) is 12.3 Å². The number of carbonyl (C=O) groups excluding carboxylic acids is 1. The summed E-state index contributed by atoms with van der Waals surface area (Å²) < 4.78 is 0. The first-order valence-electron chi connectivity index (χ1n) is 8.41. The average molecular weight is 309 g/mol. The van der Waals surface area contributed by atoms with Crippen LogP contribution in [0.1, 0.15) is 31.7 Å². The first kappa shape index (κ1) is 13.3. The topological polar surface area (TPSA) is 57.6 Å². The molecule has 23 heavy (non-hydrogen) atoms. The summed E-state index contributed by atoms with van der Waals surface area (Å²) in [5, 5.41) is 9.73. The van der Waals surface area contributed by atoms with Crippen molar-refractivity contribution in [1.29, 1.82) is 0 Å². The van der Waals surface area contributed by atoms with Gasteiger partial charge in [0.25, 0.3) is 0 Å². The SMILES string of the molecule is C[C@@]12C3=C[C@@H](C(=O)O)[C@@H]4CC[C@H](CC(=O)N1c1ccccc13)[C@@H]42. The minimum atomic E-state index is -0.724. The maximum atomic E-state index is 12.9. The monoisotopic (exact) mass is 309 g/mol. The number of fused-ring (bicyclic) bond motifs is 3. The average Bonchev–Trinajstić information content (AvgIpc) is 3.03. The van der Waals surface area contributed by atoms with E-state index in [9.17, 15) is 14.7 Å². The van der Waals surface area contributed by atoms with Crippen molar-refractivity contribution in [2.24, 2.45) is 23.7 Å². The number of carboxylic acids is 1. The zero-order chi connectivity index (χ0) is 15.9. The Balaban J connectivity index is 1.82. The van der Waals surface area contributed by atoms with Gasteiger partial charge in [-0.2, -0.15) is 0 Å². The summed E-state index contributed by atoms with van der Waals surface area (Å²) in [6, 6.07) is 7.96. The van der Waals surface area contributed by atoms with E-state index < -0.39 is 11.9 Å². The molecule has 2 aliphatic heterocycles. The number of rotatable bonds is 1. The van der Waals surface area contributed by atoms with Gasteiger partial charge < -0.3 is 10.0 Å². The van der Waals surface area contributed by atoms with Crippen LogP contribution in [0.25, 0.3) is 5.57 Å². The Labute approximate surface area is 134 Å². The number of aliphatic carboxylic acids is 1. The van der Waals surface area contributed by atoms with Gasteiger partial charge in [0.15, 0.2) is 0 Å². The third-order valence-corrected chi connectivity index (χ3v) is 6.71. The molecule has 1 N–H and O–H groups in total. The number of carboxylic acid groups (broad SMARTS) is 1. The van der Waals surface area contributed by atoms with Crippen molar-refractivity contribution in [2.45, 2.75) is 31.7 Å². The largest absolute Gasteiger partial charge is 0.481 e. The molecule has 1 amide bonds. The minimum absolute atomic E-state index is 0.149. The number of piperidine rings is 1. The molecule has 5 rings (SSSR count). The van der Waals surface area contributed by atoms with E-state index in [2.05, 4.69) is 6.92 Å². The molecule has 1 saturated heterocycles. The molecule has 1 aromatic rings. The highest BCUT2D eigenvalue weighted by Gasteiger charge is 2.64. The van der Waals surface area contributed by atoms with Gasteiger partial charge in [-0.1, -0.05) is 24.3 Å². The fourth-order valence-electron chi connectivity index (χ4n) is 6.02. The highest BCUT2D eigenvalue weighted by molar-refractivity contribution is 6.08. The van der Waals surface area contributed by atoms with Crippen LogP contribution in [0, 0.1) is 23.7 Å². The predicted octanol–water partition coefficient (Wildman–Crippen LogP) is 2.94. The number of nitrogens with zero attached hydrogens (tertiary/aromatic N) is 1. The van der Waals surface area contributed by atoms with Crippen LogP contribution in [0.15, 0.2) is 30.3 Å². The summed E-state index contributed by atoms with van der Waals surface area (Å²) in [6.45, 7) is 2.16. The molecular weight excluding hydrogens is 290 g/mol. The third-order valence-electron chi connectivity index (χ3n) is 6.71. The van der Waals surface area contributed by atoms with Gasteiger partial charge in [0.1, 0.15) is 0 Å². The van der Waals surface area contributed by atoms with Crippen LogP contribution >= 0.6 is 0 Å². The van der Waals surface area contributed by atoms with Crippen LogP contribution in [-0.4, -0.2) is 22.5 Å². The van der Waals surface area contributed by atoms with E-state index in [1.165, 1.54) is 0 Å². The second-order valence-electron chi connectivity index (χ2n) is 7.57. The van der Waals surface area contributed by atoms with Gasteiger partial charge in [-0.05, 0) is 49.2 Å². The number of amides is 1. The first-order valence-corrected chi connectivity index (χ1v) is 8.41. The Morgan fingerprint density at radius 2 is 2.09 bits per heavy atom. The molecule has 4 nitrogen and oxygen atoms in total. The smallest absolute Gasteiger partial charge is 0.310 e. The van der Waals surface area contributed by atoms with Crippen molar-refractivity contribution in [3.8, 4) is 0 Å². The number of hydrogen-bond acceptors (Lipinski definition) is 2. The molecule has 2 heterocycles. The predicted molar refractivity (Wildman–Crippen MR) is 85.8 cm³/mol. The van der Waals surface area contributed by atoms with Crippen LogP contribution in [0.4, 0.5) is 5.69 Å². The van der Waals surface area contributed by atoms with E-state index in [1.54, 1.807) is 0 Å². The van der Waals surface area contributed by atoms with Crippen molar-refractivity contribution in [3.05, 3.63) is 35.9 Å². The van der Waals surface area contributed by atoms with E-state index in [0.717, 1.165) is 29.7 Å². The molecule has 1 saturated carbocycles. The molecule has 0 radical (unpaired) electrons. The van der Waals surface area contributed by atoms with Crippen LogP contribution in [0.2, 0.25) is 0 Å². The van der Waals surface area contributed by atoms with Crippen molar-refractivity contribution in [1.82, 2.24) is 0 Å². The third kappa shape index (κ3) is 1.38. The highest BCUT2D eigenvalue weighted by atomic mass is 16.4. The lowest BCUT2D eigenvalue weighted by atomic mass is 9.60. The van der Waals surface area contributed by atoms with Gasteiger partial charge in [-0.3, -0.25) is 9.59 Å². The molecule has 0 bridgehead atoms. The molecule has 0 unspecified atom stereocenters. The lowest BCUT2D eigenvalue weighted by Crippen LogP contribution is -2.61. The zero-order valence-electron chi connectivity index (χ0n) is 13.0. The molecule has 1 aromatic carbocycles. The number of anilines is 1. The maximum absolute atomic E-state index is 12.9. The van der Waals surface area contributed by atoms with Gasteiger partial charge in [0, 0.05) is 12.0 Å². The second-order valence-corrected chi connectivity index (χ2v) is 7.57. The molecule has 5 atom stereocenters. The molecule has 4 heteroatoms. The summed E-state index contributed by atoms with van der Waals surface area (Å²) in [6.07, 6.45) is 4.41. The van der Waals surface area contributed by atoms with Crippen molar-refractivity contribution >= 4 is 23.1 Å². The van der Waals surface area contributed by atoms with Crippen LogP contribution in [-0.2, 0) is 9.59 Å². The summed E-state index contributed by atoms with van der Waals surface area (Å²) in [7, 11) is 0. The number of benzene rings is 1. The molecular formula is C19H19NO3. The molecule has 0 aromatic heterocycles. The summed E-state index contributed by atoms with van der Waals surface area (Å²) in [4.78, 5) is 26.7. The fourth-order valence-corrected chi connectivity index (χ4v) is 6.02. The van der Waals surface area contributed by atoms with Crippen LogP contribution < -0.4 is 4.90 Å². The van der Waals surface area contributed by atoms with Crippen molar-refractivity contribution in [3.63, 3.8) is 0 Å². The number of hydrogen-bond donors (Lipinski definition) is 1. The Hall–Kier alpha value is -2.10. The molecule has 118 valence electrons. The number of para-hydroxylation sites is 1. The van der Waals surface area contributed by atoms with E-state index in [-0.39, 0.29) is 23.3 Å².